The van der Waals surface area contributed by atoms with E-state index in [1.54, 1.807) is 36.7 Å². The van der Waals surface area contributed by atoms with Gasteiger partial charge in [0.2, 0.25) is 11.8 Å². The number of amides is 1. The number of nitro groups is 1. The van der Waals surface area contributed by atoms with E-state index in [2.05, 4.69) is 20.3 Å². The molecule has 4 rings (SSSR count). The fourth-order valence-electron chi connectivity index (χ4n) is 3.63. The van der Waals surface area contributed by atoms with E-state index in [-0.39, 0.29) is 28.0 Å². The first-order chi connectivity index (χ1) is 16.1. The Balaban J connectivity index is 1.42. The molecule has 11 nitrogen and oxygen atoms in total. The summed E-state index contributed by atoms with van der Waals surface area (Å²) in [4.78, 5) is 40.3. The summed E-state index contributed by atoms with van der Waals surface area (Å²) in [5, 5.41) is 14.1. The Morgan fingerprint density at radius 2 is 1.88 bits per heavy atom. The van der Waals surface area contributed by atoms with Gasteiger partial charge in [-0.15, -0.1) is 0 Å². The molecule has 0 aliphatic carbocycles. The predicted octanol–water partition coefficient (Wildman–Crippen LogP) is 2.04. The van der Waals surface area contributed by atoms with E-state index in [1.807, 2.05) is 15.9 Å². The van der Waals surface area contributed by atoms with Gasteiger partial charge in [-0.1, -0.05) is 18.2 Å². The van der Waals surface area contributed by atoms with Crippen LogP contribution in [0, 0.1) is 10.1 Å². The summed E-state index contributed by atoms with van der Waals surface area (Å²) in [5.41, 5.74) is 1.80. The molecule has 11 heteroatoms. The fourth-order valence-corrected chi connectivity index (χ4v) is 3.63. The summed E-state index contributed by atoms with van der Waals surface area (Å²) in [6.07, 6.45) is 4.80. The van der Waals surface area contributed by atoms with Gasteiger partial charge in [0.25, 0.3) is 11.6 Å². The summed E-state index contributed by atoms with van der Waals surface area (Å²) < 4.78 is 5.35. The van der Waals surface area contributed by atoms with Crippen LogP contribution in [0.3, 0.4) is 0 Å². The molecule has 33 heavy (non-hydrogen) atoms. The summed E-state index contributed by atoms with van der Waals surface area (Å²) in [7, 11) is 1.45. The van der Waals surface area contributed by atoms with E-state index in [1.165, 1.54) is 19.4 Å². The van der Waals surface area contributed by atoms with E-state index in [0.29, 0.717) is 44.4 Å². The molecule has 1 N–H and O–H groups in total. The molecule has 2 aromatic heterocycles. The summed E-state index contributed by atoms with van der Waals surface area (Å²) >= 11 is 0. The molecule has 0 spiro atoms. The zero-order chi connectivity index (χ0) is 23.2. The first kappa shape index (κ1) is 21.9. The normalized spacial score (nSPS) is 13.5. The van der Waals surface area contributed by atoms with Gasteiger partial charge in [0.1, 0.15) is 11.3 Å². The predicted molar refractivity (Wildman–Crippen MR) is 122 cm³/mol. The van der Waals surface area contributed by atoms with Gasteiger partial charge in [0.15, 0.2) is 0 Å². The SMILES string of the molecule is COc1nc(N2CCN(c3ccccc3[N+](=O)[O-])CC2)ncc1C(=O)NCc1cccnc1. The molecule has 1 fully saturated rings. The zero-order valence-corrected chi connectivity index (χ0v) is 18.0. The Hall–Kier alpha value is -4.28. The van der Waals surface area contributed by atoms with Crippen LogP contribution in [0.2, 0.25) is 0 Å². The lowest BCUT2D eigenvalue weighted by Gasteiger charge is -2.35. The second-order valence-corrected chi connectivity index (χ2v) is 7.36. The van der Waals surface area contributed by atoms with Gasteiger partial charge in [-0.05, 0) is 17.7 Å². The van der Waals surface area contributed by atoms with E-state index in [0.717, 1.165) is 5.56 Å². The second kappa shape index (κ2) is 9.90. The Kier molecular flexibility index (Phi) is 6.58. The highest BCUT2D eigenvalue weighted by molar-refractivity contribution is 5.96. The quantitative estimate of drug-likeness (QED) is 0.426. The summed E-state index contributed by atoms with van der Waals surface area (Å²) in [5.74, 6) is 0.283. The maximum atomic E-state index is 12.6. The lowest BCUT2D eigenvalue weighted by Crippen LogP contribution is -2.47. The number of hydrogen-bond donors (Lipinski definition) is 1. The van der Waals surface area contributed by atoms with E-state index < -0.39 is 0 Å². The molecule has 1 aliphatic rings. The fraction of sp³-hybridized carbons (Fsp3) is 0.273. The Morgan fingerprint density at radius 1 is 1.12 bits per heavy atom. The minimum absolute atomic E-state index is 0.0884. The van der Waals surface area contributed by atoms with E-state index in [9.17, 15) is 14.9 Å². The average Bonchev–Trinajstić information content (AvgIpc) is 2.87. The topological polar surface area (TPSA) is 127 Å². The van der Waals surface area contributed by atoms with Crippen molar-refractivity contribution in [2.45, 2.75) is 6.54 Å². The molecule has 1 saturated heterocycles. The molecule has 1 amide bonds. The largest absolute Gasteiger partial charge is 0.480 e. The van der Waals surface area contributed by atoms with Gasteiger partial charge < -0.3 is 19.9 Å². The van der Waals surface area contributed by atoms with Crippen LogP contribution in [0.1, 0.15) is 15.9 Å². The molecule has 0 saturated carbocycles. The Labute approximate surface area is 190 Å². The van der Waals surface area contributed by atoms with Crippen molar-refractivity contribution in [3.05, 3.63) is 76.2 Å². The van der Waals surface area contributed by atoms with Crippen molar-refractivity contribution in [1.82, 2.24) is 20.3 Å². The van der Waals surface area contributed by atoms with Gasteiger partial charge in [0.05, 0.1) is 12.0 Å². The number of carbonyl (C=O) groups is 1. The van der Waals surface area contributed by atoms with Crippen LogP contribution in [0.5, 0.6) is 5.88 Å². The van der Waals surface area contributed by atoms with Crippen molar-refractivity contribution in [2.75, 3.05) is 43.1 Å². The third-order valence-corrected chi connectivity index (χ3v) is 5.34. The number of piperazine rings is 1. The van der Waals surface area contributed by atoms with Gasteiger partial charge >= 0.3 is 0 Å². The number of nitrogens with zero attached hydrogens (tertiary/aromatic N) is 6. The van der Waals surface area contributed by atoms with Crippen molar-refractivity contribution >= 4 is 23.2 Å². The third-order valence-electron chi connectivity index (χ3n) is 5.34. The highest BCUT2D eigenvalue weighted by Gasteiger charge is 2.25. The second-order valence-electron chi connectivity index (χ2n) is 7.36. The molecule has 0 unspecified atom stereocenters. The van der Waals surface area contributed by atoms with Crippen molar-refractivity contribution in [2.24, 2.45) is 0 Å². The van der Waals surface area contributed by atoms with Gasteiger partial charge in [0, 0.05) is 57.4 Å². The van der Waals surface area contributed by atoms with Crippen molar-refractivity contribution in [3.63, 3.8) is 0 Å². The lowest BCUT2D eigenvalue weighted by atomic mass is 10.2. The molecule has 3 heterocycles. The van der Waals surface area contributed by atoms with Crippen LogP contribution < -0.4 is 19.9 Å². The van der Waals surface area contributed by atoms with Crippen LogP contribution in [-0.2, 0) is 6.54 Å². The molecule has 1 aliphatic heterocycles. The van der Waals surface area contributed by atoms with Crippen LogP contribution in [0.15, 0.2) is 55.0 Å². The number of aromatic nitrogens is 3. The Bertz CT molecular complexity index is 1130. The number of carbonyl (C=O) groups excluding carboxylic acids is 1. The highest BCUT2D eigenvalue weighted by atomic mass is 16.6. The summed E-state index contributed by atoms with van der Waals surface area (Å²) in [6, 6.07) is 10.4. The van der Waals surface area contributed by atoms with Crippen LogP contribution in [0.4, 0.5) is 17.3 Å². The third kappa shape index (κ3) is 4.97. The number of hydrogen-bond acceptors (Lipinski definition) is 9. The number of para-hydroxylation sites is 2. The maximum absolute atomic E-state index is 12.6. The summed E-state index contributed by atoms with van der Waals surface area (Å²) in [6.45, 7) is 2.61. The van der Waals surface area contributed by atoms with Crippen LogP contribution in [-0.4, -0.2) is 59.1 Å². The number of ether oxygens (including phenoxy) is 1. The molecular formula is C22H23N7O4. The van der Waals surface area contributed by atoms with Crippen molar-refractivity contribution < 1.29 is 14.5 Å². The molecular weight excluding hydrogens is 426 g/mol. The Morgan fingerprint density at radius 3 is 2.58 bits per heavy atom. The number of methoxy groups -OCH3 is 1. The van der Waals surface area contributed by atoms with E-state index >= 15 is 0 Å². The van der Waals surface area contributed by atoms with Crippen LogP contribution in [0.25, 0.3) is 0 Å². The first-order valence-electron chi connectivity index (χ1n) is 10.4. The van der Waals surface area contributed by atoms with Gasteiger partial charge in [-0.25, -0.2) is 4.98 Å². The van der Waals surface area contributed by atoms with Gasteiger partial charge in [-0.2, -0.15) is 4.98 Å². The molecule has 0 radical (unpaired) electrons. The number of pyridine rings is 1. The van der Waals surface area contributed by atoms with Gasteiger partial charge in [-0.3, -0.25) is 19.9 Å². The minimum atomic E-state index is -0.367. The standard InChI is InChI=1S/C22H23N7O4/c1-33-21-17(20(30)24-14-16-5-4-8-23-13-16)15-25-22(26-21)28-11-9-27(10-12-28)18-6-2-3-7-19(18)29(31)32/h2-8,13,15H,9-12,14H2,1H3,(H,24,30). The minimum Gasteiger partial charge on any atom is -0.480 e. The average molecular weight is 449 g/mol. The van der Waals surface area contributed by atoms with Crippen molar-refractivity contribution in [3.8, 4) is 5.88 Å². The number of anilines is 2. The zero-order valence-electron chi connectivity index (χ0n) is 18.0. The smallest absolute Gasteiger partial charge is 0.292 e. The van der Waals surface area contributed by atoms with Crippen LogP contribution >= 0.6 is 0 Å². The van der Waals surface area contributed by atoms with Crippen molar-refractivity contribution in [1.29, 1.82) is 0 Å². The maximum Gasteiger partial charge on any atom is 0.292 e. The molecule has 3 aromatic rings. The lowest BCUT2D eigenvalue weighted by molar-refractivity contribution is -0.384. The highest BCUT2D eigenvalue weighted by Crippen LogP contribution is 2.29. The monoisotopic (exact) mass is 449 g/mol. The first-order valence-corrected chi connectivity index (χ1v) is 10.4. The molecule has 1 aromatic carbocycles. The molecule has 0 atom stereocenters. The molecule has 170 valence electrons. The van der Waals surface area contributed by atoms with E-state index in [4.69, 9.17) is 4.74 Å². The number of nitrogens with one attached hydrogen (secondary N) is 1. The molecule has 0 bridgehead atoms. The number of nitro benzene ring substituents is 1. The number of benzene rings is 1. The number of rotatable bonds is 7.